The molecule has 1 aromatic rings. The SMILES string of the molecule is C1CC1.COC(=S)C=Cc1ccc(C)o1. The van der Waals surface area contributed by atoms with E-state index in [2.05, 4.69) is 0 Å². The van der Waals surface area contributed by atoms with Crippen molar-refractivity contribution in [3.05, 3.63) is 29.7 Å². The number of methoxy groups -OCH3 is 1. The first-order chi connectivity index (χ1) is 7.22. The first-order valence-electron chi connectivity index (χ1n) is 5.05. The van der Waals surface area contributed by atoms with E-state index in [1.165, 1.54) is 19.3 Å². The maximum absolute atomic E-state index is 5.28. The predicted molar refractivity (Wildman–Crippen MR) is 65.9 cm³/mol. The Morgan fingerprint density at radius 3 is 2.47 bits per heavy atom. The first-order valence-corrected chi connectivity index (χ1v) is 5.45. The summed E-state index contributed by atoms with van der Waals surface area (Å²) in [6.45, 7) is 1.89. The van der Waals surface area contributed by atoms with E-state index in [1.54, 1.807) is 19.3 Å². The van der Waals surface area contributed by atoms with Crippen molar-refractivity contribution in [2.75, 3.05) is 7.11 Å². The molecule has 1 heterocycles. The normalized spacial score (nSPS) is 13.2. The molecule has 0 aromatic carbocycles. The van der Waals surface area contributed by atoms with Gasteiger partial charge in [-0.05, 0) is 43.4 Å². The van der Waals surface area contributed by atoms with E-state index >= 15 is 0 Å². The van der Waals surface area contributed by atoms with Crippen LogP contribution in [0.4, 0.5) is 0 Å². The number of hydrogen-bond donors (Lipinski definition) is 0. The van der Waals surface area contributed by atoms with Gasteiger partial charge in [0.25, 0.3) is 0 Å². The van der Waals surface area contributed by atoms with Crippen molar-refractivity contribution >= 4 is 23.3 Å². The maximum atomic E-state index is 5.28. The lowest BCUT2D eigenvalue weighted by molar-refractivity contribution is 0.418. The van der Waals surface area contributed by atoms with Crippen molar-refractivity contribution in [3.8, 4) is 0 Å². The van der Waals surface area contributed by atoms with Crippen LogP contribution in [-0.4, -0.2) is 12.2 Å². The highest BCUT2D eigenvalue weighted by Gasteiger charge is 1.95. The van der Waals surface area contributed by atoms with Crippen LogP contribution in [0.25, 0.3) is 6.08 Å². The van der Waals surface area contributed by atoms with Crippen LogP contribution in [0.1, 0.15) is 30.8 Å². The van der Waals surface area contributed by atoms with Gasteiger partial charge in [-0.25, -0.2) is 0 Å². The second-order valence-corrected chi connectivity index (χ2v) is 3.77. The Morgan fingerprint density at radius 1 is 1.40 bits per heavy atom. The standard InChI is InChI=1S/C9H10O2S.C3H6/c1-7-3-4-8(11-7)5-6-9(12)10-2;1-2-3-1/h3-6H,1-2H3;1-3H2. The second kappa shape index (κ2) is 6.40. The maximum Gasteiger partial charge on any atom is 0.183 e. The summed E-state index contributed by atoms with van der Waals surface area (Å²) in [6, 6.07) is 3.78. The smallest absolute Gasteiger partial charge is 0.183 e. The fourth-order valence-corrected chi connectivity index (χ4v) is 0.829. The number of hydrogen-bond acceptors (Lipinski definition) is 3. The third-order valence-electron chi connectivity index (χ3n) is 1.70. The molecule has 2 nitrogen and oxygen atoms in total. The van der Waals surface area contributed by atoms with Crippen molar-refractivity contribution in [1.82, 2.24) is 0 Å². The Labute approximate surface area is 95.9 Å². The first kappa shape index (κ1) is 12.0. The Kier molecular flexibility index (Phi) is 5.12. The summed E-state index contributed by atoms with van der Waals surface area (Å²) in [4.78, 5) is 0. The Bertz CT molecular complexity index is 334. The third-order valence-corrected chi connectivity index (χ3v) is 2.00. The molecular weight excluding hydrogens is 208 g/mol. The summed E-state index contributed by atoms with van der Waals surface area (Å²) < 4.78 is 10.1. The highest BCUT2D eigenvalue weighted by Crippen LogP contribution is 2.14. The molecule has 1 aliphatic rings. The van der Waals surface area contributed by atoms with Crippen LogP contribution in [0.5, 0.6) is 0 Å². The van der Waals surface area contributed by atoms with E-state index < -0.39 is 0 Å². The molecule has 1 saturated carbocycles. The number of thiocarbonyl (C=S) groups is 1. The van der Waals surface area contributed by atoms with Crippen LogP contribution in [-0.2, 0) is 4.74 Å². The molecule has 0 atom stereocenters. The van der Waals surface area contributed by atoms with Crippen molar-refractivity contribution < 1.29 is 9.15 Å². The lowest BCUT2D eigenvalue weighted by Gasteiger charge is -1.91. The zero-order valence-electron chi connectivity index (χ0n) is 9.16. The van der Waals surface area contributed by atoms with Crippen LogP contribution in [0.2, 0.25) is 0 Å². The molecule has 1 aromatic heterocycles. The summed E-state index contributed by atoms with van der Waals surface area (Å²) in [6.07, 6.45) is 7.96. The van der Waals surface area contributed by atoms with Crippen LogP contribution < -0.4 is 0 Å². The van der Waals surface area contributed by atoms with Crippen LogP contribution >= 0.6 is 12.2 Å². The average molecular weight is 224 g/mol. The molecule has 0 aliphatic heterocycles. The Morgan fingerprint density at radius 2 is 2.07 bits per heavy atom. The number of ether oxygens (including phenoxy) is 1. The van der Waals surface area contributed by atoms with E-state index in [-0.39, 0.29) is 0 Å². The zero-order chi connectivity index (χ0) is 11.1. The lowest BCUT2D eigenvalue weighted by Crippen LogP contribution is -1.89. The van der Waals surface area contributed by atoms with E-state index in [4.69, 9.17) is 21.4 Å². The molecule has 0 N–H and O–H groups in total. The molecule has 0 radical (unpaired) electrons. The van der Waals surface area contributed by atoms with Gasteiger partial charge >= 0.3 is 0 Å². The number of rotatable bonds is 2. The number of aryl methyl sites for hydroxylation is 1. The molecular formula is C12H16O2S. The molecule has 0 bridgehead atoms. The number of furan rings is 1. The van der Waals surface area contributed by atoms with E-state index in [1.807, 2.05) is 19.1 Å². The topological polar surface area (TPSA) is 22.4 Å². The van der Waals surface area contributed by atoms with Gasteiger partial charge in [0.05, 0.1) is 7.11 Å². The molecule has 1 fully saturated rings. The van der Waals surface area contributed by atoms with Gasteiger partial charge in [0.2, 0.25) is 0 Å². The van der Waals surface area contributed by atoms with Gasteiger partial charge < -0.3 is 9.15 Å². The molecule has 0 unspecified atom stereocenters. The zero-order valence-corrected chi connectivity index (χ0v) is 9.97. The molecule has 82 valence electrons. The van der Waals surface area contributed by atoms with Gasteiger partial charge in [-0.1, -0.05) is 19.3 Å². The predicted octanol–water partition coefficient (Wildman–Crippen LogP) is 3.75. The second-order valence-electron chi connectivity index (χ2n) is 3.37. The third kappa shape index (κ3) is 6.07. The lowest BCUT2D eigenvalue weighted by atomic mass is 10.4. The minimum absolute atomic E-state index is 0.448. The molecule has 0 spiro atoms. The molecule has 2 rings (SSSR count). The van der Waals surface area contributed by atoms with E-state index in [0.29, 0.717) is 5.05 Å². The fourth-order valence-electron chi connectivity index (χ4n) is 0.761. The van der Waals surface area contributed by atoms with Gasteiger partial charge in [0.1, 0.15) is 11.5 Å². The highest BCUT2D eigenvalue weighted by atomic mass is 32.1. The molecule has 0 amide bonds. The van der Waals surface area contributed by atoms with Crippen molar-refractivity contribution in [1.29, 1.82) is 0 Å². The van der Waals surface area contributed by atoms with Gasteiger partial charge in [-0.3, -0.25) is 0 Å². The largest absolute Gasteiger partial charge is 0.487 e. The summed E-state index contributed by atoms with van der Waals surface area (Å²) in [5, 5.41) is 0.448. The van der Waals surface area contributed by atoms with Crippen molar-refractivity contribution in [3.63, 3.8) is 0 Å². The van der Waals surface area contributed by atoms with Crippen molar-refractivity contribution in [2.24, 2.45) is 0 Å². The highest BCUT2D eigenvalue weighted by molar-refractivity contribution is 7.80. The summed E-state index contributed by atoms with van der Waals surface area (Å²) in [7, 11) is 1.54. The summed E-state index contributed by atoms with van der Waals surface area (Å²) in [5.41, 5.74) is 0. The van der Waals surface area contributed by atoms with Crippen molar-refractivity contribution in [2.45, 2.75) is 26.2 Å². The summed E-state index contributed by atoms with van der Waals surface area (Å²) >= 11 is 4.81. The minimum Gasteiger partial charge on any atom is -0.487 e. The van der Waals surface area contributed by atoms with Gasteiger partial charge in [-0.15, -0.1) is 0 Å². The monoisotopic (exact) mass is 224 g/mol. The van der Waals surface area contributed by atoms with Gasteiger partial charge in [0, 0.05) is 0 Å². The fraction of sp³-hybridized carbons (Fsp3) is 0.417. The minimum atomic E-state index is 0.448. The van der Waals surface area contributed by atoms with Crippen LogP contribution in [0.3, 0.4) is 0 Å². The quantitative estimate of drug-likeness (QED) is 0.564. The Balaban J connectivity index is 0.000000319. The van der Waals surface area contributed by atoms with Crippen LogP contribution in [0.15, 0.2) is 22.6 Å². The van der Waals surface area contributed by atoms with E-state index in [0.717, 1.165) is 11.5 Å². The molecule has 1 aliphatic carbocycles. The molecule has 0 saturated heterocycles. The van der Waals surface area contributed by atoms with Gasteiger partial charge in [-0.2, -0.15) is 0 Å². The molecule has 3 heteroatoms. The summed E-state index contributed by atoms with van der Waals surface area (Å²) in [5.74, 6) is 1.67. The van der Waals surface area contributed by atoms with Gasteiger partial charge in [0.15, 0.2) is 5.05 Å². The van der Waals surface area contributed by atoms with Crippen LogP contribution in [0, 0.1) is 6.92 Å². The van der Waals surface area contributed by atoms with E-state index in [9.17, 15) is 0 Å². The Hall–Kier alpha value is -1.09. The molecule has 15 heavy (non-hydrogen) atoms. The average Bonchev–Trinajstić information content (AvgIpc) is 3.05.